The number of methoxy groups -OCH3 is 1. The molecule has 5 rings (SSSR count). The smallest absolute Gasteiger partial charge is 0.177 e. The maximum Gasteiger partial charge on any atom is 0.177 e. The van der Waals surface area contributed by atoms with Crippen LogP contribution in [-0.4, -0.2) is 32.0 Å². The van der Waals surface area contributed by atoms with E-state index in [1.54, 1.807) is 24.3 Å². The van der Waals surface area contributed by atoms with Crippen LogP contribution in [0.25, 0.3) is 22.1 Å². The van der Waals surface area contributed by atoms with Crippen LogP contribution in [0.5, 0.6) is 11.5 Å². The molecule has 1 aliphatic rings. The van der Waals surface area contributed by atoms with E-state index in [2.05, 4.69) is 10.5 Å². The van der Waals surface area contributed by atoms with E-state index in [-0.39, 0.29) is 5.75 Å². The zero-order chi connectivity index (χ0) is 24.2. The van der Waals surface area contributed by atoms with Crippen molar-refractivity contribution in [2.24, 2.45) is 5.92 Å². The van der Waals surface area contributed by atoms with Crippen LogP contribution in [0.1, 0.15) is 18.4 Å². The maximum absolute atomic E-state index is 13.8. The molecule has 0 unspecified atom stereocenters. The molecule has 35 heavy (non-hydrogen) atoms. The Balaban J connectivity index is 1.25. The van der Waals surface area contributed by atoms with Gasteiger partial charge in [-0.3, -0.25) is 0 Å². The van der Waals surface area contributed by atoms with Crippen molar-refractivity contribution in [3.05, 3.63) is 71.8 Å². The standard InChI is InChI=1S/C27H26F2N2O4/c1-32-26-14-24(29)23(28)13-21(26)19-3-5-20(6-4-19)34-16-18-2-7-25-22(12-18)27(31-35-25)30-15-17-8-10-33-11-9-17/h2-7,12-14,17H,8-11,15-16H2,1H3,(H,30,31). The number of hydrogen-bond donors (Lipinski definition) is 1. The summed E-state index contributed by atoms with van der Waals surface area (Å²) in [5.41, 5.74) is 2.85. The first-order chi connectivity index (χ1) is 17.1. The summed E-state index contributed by atoms with van der Waals surface area (Å²) >= 11 is 0. The van der Waals surface area contributed by atoms with Crippen LogP contribution in [0.4, 0.5) is 14.6 Å². The van der Waals surface area contributed by atoms with Gasteiger partial charge in [0.25, 0.3) is 0 Å². The first-order valence-electron chi connectivity index (χ1n) is 11.6. The fraction of sp³-hybridized carbons (Fsp3) is 0.296. The summed E-state index contributed by atoms with van der Waals surface area (Å²) in [6, 6.07) is 15.2. The highest BCUT2D eigenvalue weighted by Crippen LogP contribution is 2.33. The van der Waals surface area contributed by atoms with Crippen molar-refractivity contribution in [3.8, 4) is 22.6 Å². The van der Waals surface area contributed by atoms with E-state index in [0.717, 1.165) is 61.5 Å². The Kier molecular flexibility index (Phi) is 6.81. The van der Waals surface area contributed by atoms with Gasteiger partial charge in [-0.15, -0.1) is 0 Å². The quantitative estimate of drug-likeness (QED) is 0.324. The Hall–Kier alpha value is -3.65. The predicted octanol–water partition coefficient (Wildman–Crippen LogP) is 6.20. The van der Waals surface area contributed by atoms with Gasteiger partial charge in [-0.1, -0.05) is 23.4 Å². The lowest BCUT2D eigenvalue weighted by atomic mass is 10.0. The van der Waals surface area contributed by atoms with Crippen LogP contribution in [-0.2, 0) is 11.3 Å². The van der Waals surface area contributed by atoms with E-state index in [4.69, 9.17) is 18.7 Å². The minimum atomic E-state index is -0.947. The number of fused-ring (bicyclic) bond motifs is 1. The molecule has 1 N–H and O–H groups in total. The number of anilines is 1. The molecular weight excluding hydrogens is 454 g/mol. The molecule has 1 aromatic heterocycles. The molecule has 1 saturated heterocycles. The summed E-state index contributed by atoms with van der Waals surface area (Å²) in [5, 5.41) is 8.52. The lowest BCUT2D eigenvalue weighted by molar-refractivity contribution is 0.0699. The molecule has 0 saturated carbocycles. The molecule has 4 aromatic rings. The van der Waals surface area contributed by atoms with Gasteiger partial charge in [0.1, 0.15) is 18.1 Å². The fourth-order valence-electron chi connectivity index (χ4n) is 4.22. The van der Waals surface area contributed by atoms with Gasteiger partial charge in [0.15, 0.2) is 23.0 Å². The number of hydrogen-bond acceptors (Lipinski definition) is 6. The molecule has 182 valence electrons. The van der Waals surface area contributed by atoms with Gasteiger partial charge in [0.05, 0.1) is 12.5 Å². The number of nitrogens with one attached hydrogen (secondary N) is 1. The minimum Gasteiger partial charge on any atom is -0.496 e. The number of benzene rings is 3. The molecule has 0 radical (unpaired) electrons. The third kappa shape index (κ3) is 5.22. The summed E-state index contributed by atoms with van der Waals surface area (Å²) < 4.78 is 49.3. The first kappa shape index (κ1) is 23.1. The number of halogens is 2. The Morgan fingerprint density at radius 2 is 1.77 bits per heavy atom. The molecule has 0 aliphatic carbocycles. The number of nitrogens with zero attached hydrogens (tertiary/aromatic N) is 1. The summed E-state index contributed by atoms with van der Waals surface area (Å²) in [5.74, 6) is 0.345. The number of rotatable bonds is 8. The highest BCUT2D eigenvalue weighted by molar-refractivity contribution is 5.88. The van der Waals surface area contributed by atoms with Crippen LogP contribution in [0, 0.1) is 17.6 Å². The minimum absolute atomic E-state index is 0.265. The summed E-state index contributed by atoms with van der Waals surface area (Å²) in [4.78, 5) is 0. The largest absolute Gasteiger partial charge is 0.496 e. The van der Waals surface area contributed by atoms with E-state index in [1.165, 1.54) is 7.11 Å². The van der Waals surface area contributed by atoms with Crippen LogP contribution in [0.15, 0.2) is 59.1 Å². The Labute approximate surface area is 201 Å². The molecule has 0 atom stereocenters. The summed E-state index contributed by atoms with van der Waals surface area (Å²) in [6.45, 7) is 2.81. The second-order valence-corrected chi connectivity index (χ2v) is 8.58. The first-order valence-corrected chi connectivity index (χ1v) is 11.6. The number of aromatic nitrogens is 1. The highest BCUT2D eigenvalue weighted by atomic mass is 19.2. The summed E-state index contributed by atoms with van der Waals surface area (Å²) in [6.07, 6.45) is 2.09. The molecule has 0 amide bonds. The second-order valence-electron chi connectivity index (χ2n) is 8.58. The van der Waals surface area contributed by atoms with Crippen LogP contribution >= 0.6 is 0 Å². The lowest BCUT2D eigenvalue weighted by Gasteiger charge is -2.21. The molecule has 6 nitrogen and oxygen atoms in total. The fourth-order valence-corrected chi connectivity index (χ4v) is 4.22. The topological polar surface area (TPSA) is 65.8 Å². The normalized spacial score (nSPS) is 14.3. The second kappa shape index (κ2) is 10.3. The van der Waals surface area contributed by atoms with E-state index in [9.17, 15) is 8.78 Å². The van der Waals surface area contributed by atoms with Gasteiger partial charge in [-0.25, -0.2) is 8.78 Å². The van der Waals surface area contributed by atoms with Crippen LogP contribution < -0.4 is 14.8 Å². The van der Waals surface area contributed by atoms with E-state index >= 15 is 0 Å². The maximum atomic E-state index is 13.8. The zero-order valence-electron chi connectivity index (χ0n) is 19.4. The lowest BCUT2D eigenvalue weighted by Crippen LogP contribution is -2.22. The molecule has 1 fully saturated rings. The van der Waals surface area contributed by atoms with E-state index in [0.29, 0.717) is 35.0 Å². The molecular formula is C27H26F2N2O4. The average molecular weight is 481 g/mol. The van der Waals surface area contributed by atoms with Crippen molar-refractivity contribution in [2.75, 3.05) is 32.2 Å². The van der Waals surface area contributed by atoms with Gasteiger partial charge in [-0.05, 0) is 60.2 Å². The highest BCUT2D eigenvalue weighted by Gasteiger charge is 2.16. The average Bonchev–Trinajstić information content (AvgIpc) is 3.30. The van der Waals surface area contributed by atoms with Crippen molar-refractivity contribution in [2.45, 2.75) is 19.4 Å². The van der Waals surface area contributed by atoms with Gasteiger partial charge in [0, 0.05) is 31.4 Å². The number of ether oxygens (including phenoxy) is 3. The van der Waals surface area contributed by atoms with Crippen LogP contribution in [0.2, 0.25) is 0 Å². The van der Waals surface area contributed by atoms with Gasteiger partial charge in [0.2, 0.25) is 0 Å². The van der Waals surface area contributed by atoms with Crippen molar-refractivity contribution in [1.29, 1.82) is 0 Å². The Bertz CT molecular complexity index is 1300. The van der Waals surface area contributed by atoms with Crippen molar-refractivity contribution < 1.29 is 27.5 Å². The van der Waals surface area contributed by atoms with E-state index < -0.39 is 11.6 Å². The monoisotopic (exact) mass is 480 g/mol. The zero-order valence-corrected chi connectivity index (χ0v) is 19.4. The Morgan fingerprint density at radius 1 is 1.00 bits per heavy atom. The predicted molar refractivity (Wildman–Crippen MR) is 129 cm³/mol. The van der Waals surface area contributed by atoms with Gasteiger partial charge < -0.3 is 24.1 Å². The molecule has 2 heterocycles. The van der Waals surface area contributed by atoms with E-state index in [1.807, 2.05) is 18.2 Å². The van der Waals surface area contributed by atoms with Crippen molar-refractivity contribution in [3.63, 3.8) is 0 Å². The molecule has 8 heteroatoms. The molecule has 0 spiro atoms. The summed E-state index contributed by atoms with van der Waals surface area (Å²) in [7, 11) is 1.42. The van der Waals surface area contributed by atoms with Crippen molar-refractivity contribution >= 4 is 16.8 Å². The third-order valence-electron chi connectivity index (χ3n) is 6.25. The molecule has 0 bridgehead atoms. The van der Waals surface area contributed by atoms with Gasteiger partial charge in [-0.2, -0.15) is 0 Å². The SMILES string of the molecule is COc1cc(F)c(F)cc1-c1ccc(OCc2ccc3onc(NCC4CCOCC4)c3c2)cc1. The van der Waals surface area contributed by atoms with Crippen molar-refractivity contribution in [1.82, 2.24) is 5.16 Å². The molecule has 3 aromatic carbocycles. The molecule has 1 aliphatic heterocycles. The Morgan fingerprint density at radius 3 is 2.54 bits per heavy atom. The third-order valence-corrected chi connectivity index (χ3v) is 6.25. The van der Waals surface area contributed by atoms with Gasteiger partial charge >= 0.3 is 0 Å². The van der Waals surface area contributed by atoms with Crippen LogP contribution in [0.3, 0.4) is 0 Å².